The molecular weight excluding hydrogens is 394 g/mol. The molecule has 1 amide bonds. The van der Waals surface area contributed by atoms with E-state index in [1.807, 2.05) is 11.8 Å². The van der Waals surface area contributed by atoms with Crippen molar-refractivity contribution in [3.63, 3.8) is 0 Å². The maximum Gasteiger partial charge on any atom is 0.316 e. The number of thioether (sulfide) groups is 1. The van der Waals surface area contributed by atoms with Crippen LogP contribution in [0.2, 0.25) is 0 Å². The molecule has 3 heterocycles. The van der Waals surface area contributed by atoms with E-state index in [9.17, 15) is 9.59 Å². The third-order valence-corrected chi connectivity index (χ3v) is 7.32. The van der Waals surface area contributed by atoms with Gasteiger partial charge in [-0.15, -0.1) is 11.3 Å². The van der Waals surface area contributed by atoms with Crippen molar-refractivity contribution >= 4 is 45.2 Å². The number of hydrogen-bond donors (Lipinski definition) is 0. The zero-order valence-corrected chi connectivity index (χ0v) is 18.7. The first-order valence-electron chi connectivity index (χ1n) is 9.61. The molecule has 28 heavy (non-hydrogen) atoms. The van der Waals surface area contributed by atoms with Crippen molar-refractivity contribution in [2.45, 2.75) is 71.0 Å². The molecule has 0 aromatic carbocycles. The van der Waals surface area contributed by atoms with Crippen LogP contribution in [0.15, 0.2) is 5.03 Å². The Bertz CT molecular complexity index is 886. The molecule has 6 nitrogen and oxygen atoms in total. The van der Waals surface area contributed by atoms with Crippen molar-refractivity contribution in [2.24, 2.45) is 0 Å². The number of carbonyl (C=O) groups excluding carboxylic acids is 2. The molecule has 0 N–H and O–H groups in total. The summed E-state index contributed by atoms with van der Waals surface area (Å²) in [5, 5.41) is 1.81. The van der Waals surface area contributed by atoms with Gasteiger partial charge in [-0.25, -0.2) is 9.97 Å². The van der Waals surface area contributed by atoms with Gasteiger partial charge in [-0.2, -0.15) is 0 Å². The molecule has 2 aromatic heterocycles. The summed E-state index contributed by atoms with van der Waals surface area (Å²) in [6, 6.07) is 0.401. The molecular formula is C20H27N3O3S2. The Morgan fingerprint density at radius 3 is 2.54 bits per heavy atom. The molecule has 8 heteroatoms. The van der Waals surface area contributed by atoms with Crippen molar-refractivity contribution in [1.82, 2.24) is 14.9 Å². The summed E-state index contributed by atoms with van der Waals surface area (Å²) in [6.07, 6.45) is 3.14. The van der Waals surface area contributed by atoms with Gasteiger partial charge in [-0.1, -0.05) is 11.8 Å². The fraction of sp³-hybridized carbons (Fsp3) is 0.600. The van der Waals surface area contributed by atoms with E-state index < -0.39 is 5.97 Å². The first-order chi connectivity index (χ1) is 13.3. The Labute approximate surface area is 174 Å². The van der Waals surface area contributed by atoms with E-state index in [1.54, 1.807) is 11.3 Å². The van der Waals surface area contributed by atoms with E-state index in [0.717, 1.165) is 40.1 Å². The predicted octanol–water partition coefficient (Wildman–Crippen LogP) is 4.04. The normalized spacial score (nSPS) is 19.8. The summed E-state index contributed by atoms with van der Waals surface area (Å²) < 4.78 is 5.26. The lowest BCUT2D eigenvalue weighted by atomic mass is 9.97. The van der Waals surface area contributed by atoms with Gasteiger partial charge in [0.2, 0.25) is 0 Å². The van der Waals surface area contributed by atoms with E-state index in [-0.39, 0.29) is 30.4 Å². The third-order valence-electron chi connectivity index (χ3n) is 5.27. The van der Waals surface area contributed by atoms with E-state index in [0.29, 0.717) is 5.82 Å². The third kappa shape index (κ3) is 4.49. The van der Waals surface area contributed by atoms with Crippen molar-refractivity contribution in [2.75, 3.05) is 12.4 Å². The fourth-order valence-corrected chi connectivity index (χ4v) is 5.79. The van der Waals surface area contributed by atoms with Gasteiger partial charge >= 0.3 is 5.97 Å². The Morgan fingerprint density at radius 1 is 1.18 bits per heavy atom. The lowest BCUT2D eigenvalue weighted by Crippen LogP contribution is -2.49. The van der Waals surface area contributed by atoms with Crippen LogP contribution in [0, 0.1) is 20.8 Å². The number of aryl methyl sites for hydroxylation is 3. The van der Waals surface area contributed by atoms with Crippen LogP contribution in [0.3, 0.4) is 0 Å². The second-order valence-electron chi connectivity index (χ2n) is 7.42. The Hall–Kier alpha value is -1.67. The van der Waals surface area contributed by atoms with Gasteiger partial charge < -0.3 is 9.64 Å². The van der Waals surface area contributed by atoms with E-state index in [1.165, 1.54) is 16.6 Å². The molecule has 0 aliphatic carbocycles. The summed E-state index contributed by atoms with van der Waals surface area (Å²) in [6.45, 7) is 9.88. The summed E-state index contributed by atoms with van der Waals surface area (Å²) in [4.78, 5) is 37.7. The Morgan fingerprint density at radius 2 is 1.86 bits per heavy atom. The Kier molecular flexibility index (Phi) is 6.60. The highest BCUT2D eigenvalue weighted by Crippen LogP contribution is 2.35. The minimum atomic E-state index is -0.398. The maximum atomic E-state index is 12.5. The molecule has 2 atom stereocenters. The number of aromatic nitrogens is 2. The lowest BCUT2D eigenvalue weighted by Gasteiger charge is -2.38. The molecule has 152 valence electrons. The van der Waals surface area contributed by atoms with Crippen LogP contribution >= 0.6 is 23.1 Å². The van der Waals surface area contributed by atoms with Crippen molar-refractivity contribution < 1.29 is 14.3 Å². The molecule has 2 aromatic rings. The quantitative estimate of drug-likeness (QED) is 0.412. The highest BCUT2D eigenvalue weighted by Gasteiger charge is 2.29. The second-order valence-corrected chi connectivity index (χ2v) is 9.59. The number of esters is 1. The van der Waals surface area contributed by atoms with Crippen molar-refractivity contribution in [3.05, 3.63) is 16.3 Å². The monoisotopic (exact) mass is 421 g/mol. The van der Waals surface area contributed by atoms with Gasteiger partial charge in [-0.05, 0) is 59.4 Å². The lowest BCUT2D eigenvalue weighted by molar-refractivity contribution is -0.153. The number of fused-ring (bicyclic) bond motifs is 1. The van der Waals surface area contributed by atoms with Gasteiger partial charge in [-0.3, -0.25) is 9.59 Å². The zero-order valence-electron chi connectivity index (χ0n) is 17.1. The number of hydrogen-bond acceptors (Lipinski definition) is 7. The Balaban J connectivity index is 1.59. The molecule has 1 saturated heterocycles. The zero-order chi connectivity index (χ0) is 20.4. The number of thiophene rings is 1. The maximum absolute atomic E-state index is 12.5. The standard InChI is InChI=1S/C20H27N3O3S2/c1-11-7-6-8-12(2)23(11)16(24)9-26-17(25)10-27-19-18-13(3)14(4)28-20(18)22-15(5)21-19/h11-12H,6-10H2,1-5H3/t11-,12-/m1/s1. The number of rotatable bonds is 5. The first-order valence-corrected chi connectivity index (χ1v) is 11.4. The number of nitrogens with zero attached hydrogens (tertiary/aromatic N) is 3. The van der Waals surface area contributed by atoms with E-state index in [2.05, 4.69) is 37.7 Å². The molecule has 0 bridgehead atoms. The molecule has 0 spiro atoms. The minimum Gasteiger partial charge on any atom is -0.455 e. The van der Waals surface area contributed by atoms with Gasteiger partial charge in [0, 0.05) is 22.3 Å². The van der Waals surface area contributed by atoms with Crippen LogP contribution in [0.5, 0.6) is 0 Å². The van der Waals surface area contributed by atoms with Crippen LogP contribution in [0.25, 0.3) is 10.2 Å². The van der Waals surface area contributed by atoms with Gasteiger partial charge in [0.25, 0.3) is 5.91 Å². The van der Waals surface area contributed by atoms with Crippen LogP contribution in [-0.4, -0.2) is 51.2 Å². The summed E-state index contributed by atoms with van der Waals surface area (Å²) in [7, 11) is 0. The van der Waals surface area contributed by atoms with E-state index in [4.69, 9.17) is 4.74 Å². The van der Waals surface area contributed by atoms with Crippen LogP contribution in [0.1, 0.15) is 49.4 Å². The van der Waals surface area contributed by atoms with Crippen molar-refractivity contribution in [3.8, 4) is 0 Å². The predicted molar refractivity (Wildman–Crippen MR) is 113 cm³/mol. The molecule has 0 radical (unpaired) electrons. The molecule has 3 rings (SSSR count). The average Bonchev–Trinajstić information content (AvgIpc) is 2.91. The van der Waals surface area contributed by atoms with E-state index >= 15 is 0 Å². The van der Waals surface area contributed by atoms with Crippen molar-refractivity contribution in [1.29, 1.82) is 0 Å². The number of carbonyl (C=O) groups is 2. The minimum absolute atomic E-state index is 0.109. The highest BCUT2D eigenvalue weighted by molar-refractivity contribution is 8.00. The topological polar surface area (TPSA) is 72.4 Å². The number of amides is 1. The second kappa shape index (κ2) is 8.78. The highest BCUT2D eigenvalue weighted by atomic mass is 32.2. The van der Waals surface area contributed by atoms with Crippen LogP contribution in [-0.2, 0) is 14.3 Å². The molecule has 0 saturated carbocycles. The number of ether oxygens (including phenoxy) is 1. The number of piperidine rings is 1. The molecule has 1 fully saturated rings. The molecule has 1 aliphatic heterocycles. The van der Waals surface area contributed by atoms with Gasteiger partial charge in [0.15, 0.2) is 6.61 Å². The average molecular weight is 422 g/mol. The van der Waals surface area contributed by atoms with Crippen LogP contribution < -0.4 is 0 Å². The summed E-state index contributed by atoms with van der Waals surface area (Å²) in [5.74, 6) is 0.304. The largest absolute Gasteiger partial charge is 0.455 e. The fourth-order valence-electron chi connectivity index (χ4n) is 3.72. The van der Waals surface area contributed by atoms with Crippen LogP contribution in [0.4, 0.5) is 0 Å². The smallest absolute Gasteiger partial charge is 0.316 e. The van der Waals surface area contributed by atoms with Gasteiger partial charge in [0.05, 0.1) is 5.75 Å². The summed E-state index contributed by atoms with van der Waals surface area (Å²) in [5.41, 5.74) is 1.15. The SMILES string of the molecule is Cc1nc(SCC(=O)OCC(=O)N2[C@H](C)CCC[C@H]2C)c2c(C)c(C)sc2n1. The molecule has 0 unspecified atom stereocenters. The molecule has 1 aliphatic rings. The summed E-state index contributed by atoms with van der Waals surface area (Å²) >= 11 is 2.98. The first kappa shape index (κ1) is 21.0. The number of likely N-dealkylation sites (tertiary alicyclic amines) is 1. The van der Waals surface area contributed by atoms with Gasteiger partial charge in [0.1, 0.15) is 15.7 Å².